The van der Waals surface area contributed by atoms with Gasteiger partial charge in [0, 0.05) is 18.5 Å². The van der Waals surface area contributed by atoms with Crippen LogP contribution in [0.5, 0.6) is 0 Å². The zero-order chi connectivity index (χ0) is 13.3. The second-order valence-corrected chi connectivity index (χ2v) is 8.64. The van der Waals surface area contributed by atoms with Crippen LogP contribution >= 0.6 is 11.3 Å². The maximum absolute atomic E-state index is 12.2. The smallest absolute Gasteiger partial charge is 0.252 e. The van der Waals surface area contributed by atoms with Crippen molar-refractivity contribution in [2.24, 2.45) is 5.41 Å². The van der Waals surface area contributed by atoms with Crippen molar-refractivity contribution in [3.05, 3.63) is 17.0 Å². The van der Waals surface area contributed by atoms with Crippen molar-refractivity contribution in [1.82, 2.24) is 4.31 Å². The number of hydrogen-bond acceptors (Lipinski definition) is 4. The van der Waals surface area contributed by atoms with Gasteiger partial charge >= 0.3 is 0 Å². The molecule has 0 unspecified atom stereocenters. The Morgan fingerprint density at radius 3 is 2.35 bits per heavy atom. The van der Waals surface area contributed by atoms with Crippen molar-refractivity contribution < 1.29 is 13.5 Å². The summed E-state index contributed by atoms with van der Waals surface area (Å²) in [6.45, 7) is 6.32. The van der Waals surface area contributed by atoms with Crippen LogP contribution in [0, 0.1) is 5.41 Å². The molecule has 0 saturated carbocycles. The van der Waals surface area contributed by atoms with Gasteiger partial charge in [-0.1, -0.05) is 20.8 Å². The number of aliphatic hydroxyl groups excluding tert-OH is 1. The molecule has 0 saturated heterocycles. The van der Waals surface area contributed by atoms with Gasteiger partial charge in [-0.3, -0.25) is 0 Å². The van der Waals surface area contributed by atoms with E-state index in [-0.39, 0.29) is 16.2 Å². The Labute approximate surface area is 107 Å². The van der Waals surface area contributed by atoms with Crippen LogP contribution in [0.15, 0.2) is 16.3 Å². The fourth-order valence-corrected chi connectivity index (χ4v) is 4.31. The van der Waals surface area contributed by atoms with Crippen LogP contribution in [0.2, 0.25) is 0 Å². The highest BCUT2D eigenvalue weighted by Gasteiger charge is 2.26. The molecule has 0 spiro atoms. The van der Waals surface area contributed by atoms with E-state index in [1.54, 1.807) is 19.2 Å². The molecule has 4 nitrogen and oxygen atoms in total. The molecule has 0 atom stereocenters. The lowest BCUT2D eigenvalue weighted by Crippen LogP contribution is -2.34. The quantitative estimate of drug-likeness (QED) is 0.914. The largest absolute Gasteiger partial charge is 0.391 e. The highest BCUT2D eigenvalue weighted by molar-refractivity contribution is 7.91. The minimum atomic E-state index is -3.42. The third kappa shape index (κ3) is 3.77. The summed E-state index contributed by atoms with van der Waals surface area (Å²) >= 11 is 1.11. The Balaban J connectivity index is 2.95. The molecule has 1 aromatic rings. The van der Waals surface area contributed by atoms with Crippen molar-refractivity contribution >= 4 is 21.4 Å². The van der Waals surface area contributed by atoms with Gasteiger partial charge in [0.25, 0.3) is 10.0 Å². The summed E-state index contributed by atoms with van der Waals surface area (Å²) in [5, 5.41) is 8.94. The lowest BCUT2D eigenvalue weighted by atomic mass is 9.97. The monoisotopic (exact) mass is 277 g/mol. The third-order valence-corrected chi connectivity index (χ3v) is 5.50. The normalized spacial score (nSPS) is 13.3. The van der Waals surface area contributed by atoms with Gasteiger partial charge in [-0.25, -0.2) is 8.42 Å². The number of hydrogen-bond donors (Lipinski definition) is 1. The number of aliphatic hydroxyl groups is 1. The Bertz CT molecular complexity index is 471. The van der Waals surface area contributed by atoms with Gasteiger partial charge in [0.2, 0.25) is 0 Å². The maximum atomic E-state index is 12.2. The first-order valence-electron chi connectivity index (χ1n) is 5.33. The second-order valence-electron chi connectivity index (χ2n) is 5.20. The van der Waals surface area contributed by atoms with Gasteiger partial charge in [0.05, 0.1) is 6.61 Å². The van der Waals surface area contributed by atoms with Crippen LogP contribution in [-0.2, 0) is 16.6 Å². The van der Waals surface area contributed by atoms with E-state index in [4.69, 9.17) is 5.11 Å². The predicted octanol–water partition coefficient (Wildman–Crippen LogP) is 1.91. The molecule has 1 N–H and O–H groups in total. The SMILES string of the molecule is CN(CC(C)(C)C)S(=O)(=O)c1ccc(CO)s1. The van der Waals surface area contributed by atoms with Crippen molar-refractivity contribution in [3.63, 3.8) is 0 Å². The molecule has 1 heterocycles. The van der Waals surface area contributed by atoms with Crippen LogP contribution < -0.4 is 0 Å². The fraction of sp³-hybridized carbons (Fsp3) is 0.636. The van der Waals surface area contributed by atoms with Crippen molar-refractivity contribution in [2.45, 2.75) is 31.6 Å². The molecule has 0 aromatic carbocycles. The first-order valence-corrected chi connectivity index (χ1v) is 7.58. The lowest BCUT2D eigenvalue weighted by molar-refractivity contribution is 0.285. The molecule has 0 amide bonds. The van der Waals surface area contributed by atoms with Crippen molar-refractivity contribution in [3.8, 4) is 0 Å². The van der Waals surface area contributed by atoms with Crippen LogP contribution in [0.1, 0.15) is 25.6 Å². The zero-order valence-electron chi connectivity index (χ0n) is 10.6. The molecule has 6 heteroatoms. The summed E-state index contributed by atoms with van der Waals surface area (Å²) in [6, 6.07) is 3.19. The number of thiophene rings is 1. The molecular weight excluding hydrogens is 258 g/mol. The third-order valence-electron chi connectivity index (χ3n) is 2.15. The van der Waals surface area contributed by atoms with E-state index < -0.39 is 10.0 Å². The zero-order valence-corrected chi connectivity index (χ0v) is 12.2. The fourth-order valence-electron chi connectivity index (χ4n) is 1.49. The first kappa shape index (κ1) is 14.6. The first-order chi connectivity index (χ1) is 7.66. The molecule has 98 valence electrons. The van der Waals surface area contributed by atoms with Gasteiger partial charge in [-0.2, -0.15) is 4.31 Å². The second kappa shape index (κ2) is 5.06. The summed E-state index contributed by atoms with van der Waals surface area (Å²) in [7, 11) is -1.84. The van der Waals surface area contributed by atoms with Crippen LogP contribution in [-0.4, -0.2) is 31.4 Å². The van der Waals surface area contributed by atoms with Gasteiger partial charge in [-0.15, -0.1) is 11.3 Å². The molecular formula is C11H19NO3S2. The summed E-state index contributed by atoms with van der Waals surface area (Å²) in [5.74, 6) is 0. The average Bonchev–Trinajstić information content (AvgIpc) is 2.63. The molecule has 0 aliphatic carbocycles. The Hall–Kier alpha value is -0.430. The van der Waals surface area contributed by atoms with Gasteiger partial charge < -0.3 is 5.11 Å². The molecule has 1 aromatic heterocycles. The molecule has 0 radical (unpaired) electrons. The lowest BCUT2D eigenvalue weighted by Gasteiger charge is -2.25. The Kier molecular flexibility index (Phi) is 4.35. The molecule has 0 fully saturated rings. The molecule has 0 aliphatic heterocycles. The summed E-state index contributed by atoms with van der Waals surface area (Å²) in [5.41, 5.74) is -0.0844. The van der Waals surface area contributed by atoms with Gasteiger partial charge in [0.1, 0.15) is 4.21 Å². The van der Waals surface area contributed by atoms with E-state index >= 15 is 0 Å². The molecule has 0 aliphatic rings. The van der Waals surface area contributed by atoms with Crippen LogP contribution in [0.4, 0.5) is 0 Å². The van der Waals surface area contributed by atoms with E-state index in [0.717, 1.165) is 11.3 Å². The standard InChI is InChI=1S/C11H19NO3S2/c1-11(2,3)8-12(4)17(14,15)10-6-5-9(7-13)16-10/h5-6,13H,7-8H2,1-4H3. The molecule has 0 bridgehead atoms. The topological polar surface area (TPSA) is 57.6 Å². The van der Waals surface area contributed by atoms with E-state index in [9.17, 15) is 8.42 Å². The van der Waals surface area contributed by atoms with Crippen LogP contribution in [0.3, 0.4) is 0 Å². The van der Waals surface area contributed by atoms with E-state index in [2.05, 4.69) is 0 Å². The Morgan fingerprint density at radius 2 is 1.94 bits per heavy atom. The summed E-state index contributed by atoms with van der Waals surface area (Å²) in [4.78, 5) is 0.660. The van der Waals surface area contributed by atoms with E-state index in [0.29, 0.717) is 11.4 Å². The predicted molar refractivity (Wildman–Crippen MR) is 69.5 cm³/mol. The highest BCUT2D eigenvalue weighted by atomic mass is 32.2. The highest BCUT2D eigenvalue weighted by Crippen LogP contribution is 2.26. The van der Waals surface area contributed by atoms with Crippen molar-refractivity contribution in [2.75, 3.05) is 13.6 Å². The minimum absolute atomic E-state index is 0.0844. The summed E-state index contributed by atoms with van der Waals surface area (Å²) in [6.07, 6.45) is 0. The van der Waals surface area contributed by atoms with Crippen molar-refractivity contribution in [1.29, 1.82) is 0 Å². The van der Waals surface area contributed by atoms with E-state index in [1.165, 1.54) is 4.31 Å². The van der Waals surface area contributed by atoms with E-state index in [1.807, 2.05) is 20.8 Å². The number of rotatable bonds is 4. The average molecular weight is 277 g/mol. The summed E-state index contributed by atoms with van der Waals surface area (Å²) < 4.78 is 26.0. The number of sulfonamides is 1. The van der Waals surface area contributed by atoms with Gasteiger partial charge in [0.15, 0.2) is 0 Å². The van der Waals surface area contributed by atoms with Gasteiger partial charge in [-0.05, 0) is 17.5 Å². The number of nitrogens with zero attached hydrogens (tertiary/aromatic N) is 1. The molecule has 17 heavy (non-hydrogen) atoms. The minimum Gasteiger partial charge on any atom is -0.391 e. The Morgan fingerprint density at radius 1 is 1.35 bits per heavy atom. The van der Waals surface area contributed by atoms with Crippen LogP contribution in [0.25, 0.3) is 0 Å². The molecule has 1 rings (SSSR count). The maximum Gasteiger partial charge on any atom is 0.252 e.